The molecule has 2 atom stereocenters. The van der Waals surface area contributed by atoms with Crippen LogP contribution >= 0.6 is 23.2 Å². The lowest BCUT2D eigenvalue weighted by Crippen LogP contribution is -2.36. The van der Waals surface area contributed by atoms with Crippen molar-refractivity contribution in [2.75, 3.05) is 5.32 Å². The van der Waals surface area contributed by atoms with Crippen molar-refractivity contribution in [3.8, 4) is 0 Å². The first kappa shape index (κ1) is 12.0. The summed E-state index contributed by atoms with van der Waals surface area (Å²) in [7, 11) is 0. The van der Waals surface area contributed by atoms with Crippen molar-refractivity contribution in [1.29, 1.82) is 0 Å². The zero-order valence-corrected chi connectivity index (χ0v) is 10.4. The molecule has 0 spiro atoms. The number of hydrogen-bond donors (Lipinski definition) is 2. The van der Waals surface area contributed by atoms with E-state index in [4.69, 9.17) is 23.2 Å². The zero-order chi connectivity index (χ0) is 11.5. The molecule has 0 heterocycles. The van der Waals surface area contributed by atoms with E-state index in [1.54, 1.807) is 12.1 Å². The van der Waals surface area contributed by atoms with Gasteiger partial charge in [0.2, 0.25) is 0 Å². The fourth-order valence-corrected chi connectivity index (χ4v) is 2.61. The first-order valence-corrected chi connectivity index (χ1v) is 6.32. The number of aliphatic hydroxyl groups excluding tert-OH is 1. The van der Waals surface area contributed by atoms with Gasteiger partial charge < -0.3 is 10.4 Å². The molecule has 1 aromatic carbocycles. The Bertz CT molecular complexity index is 350. The topological polar surface area (TPSA) is 32.3 Å². The highest BCUT2D eigenvalue weighted by Gasteiger charge is 2.23. The van der Waals surface area contributed by atoms with Gasteiger partial charge in [0.05, 0.1) is 27.9 Å². The van der Waals surface area contributed by atoms with Crippen LogP contribution in [0.2, 0.25) is 10.0 Å². The summed E-state index contributed by atoms with van der Waals surface area (Å²) in [5.74, 6) is 0. The van der Waals surface area contributed by atoms with Gasteiger partial charge in [-0.3, -0.25) is 0 Å². The summed E-state index contributed by atoms with van der Waals surface area (Å²) < 4.78 is 0. The third-order valence-electron chi connectivity index (χ3n) is 3.02. The number of nitrogens with one attached hydrogen (secondary N) is 1. The highest BCUT2D eigenvalue weighted by molar-refractivity contribution is 6.39. The van der Waals surface area contributed by atoms with Crippen LogP contribution in [-0.2, 0) is 0 Å². The highest BCUT2D eigenvalue weighted by Crippen LogP contribution is 2.32. The molecule has 88 valence electrons. The summed E-state index contributed by atoms with van der Waals surface area (Å²) in [6.45, 7) is 0. The Balaban J connectivity index is 2.13. The van der Waals surface area contributed by atoms with Gasteiger partial charge in [0, 0.05) is 0 Å². The Morgan fingerprint density at radius 3 is 2.38 bits per heavy atom. The molecule has 1 aliphatic carbocycles. The van der Waals surface area contributed by atoms with Gasteiger partial charge in [-0.2, -0.15) is 0 Å². The largest absolute Gasteiger partial charge is 0.391 e. The molecule has 0 aliphatic heterocycles. The molecule has 16 heavy (non-hydrogen) atoms. The van der Waals surface area contributed by atoms with Gasteiger partial charge in [0.25, 0.3) is 0 Å². The van der Waals surface area contributed by atoms with Crippen molar-refractivity contribution in [1.82, 2.24) is 0 Å². The number of halogens is 2. The number of para-hydroxylation sites is 1. The van der Waals surface area contributed by atoms with Gasteiger partial charge in [0.1, 0.15) is 0 Å². The zero-order valence-electron chi connectivity index (χ0n) is 8.92. The van der Waals surface area contributed by atoms with E-state index in [0.717, 1.165) is 31.4 Å². The van der Waals surface area contributed by atoms with Crippen molar-refractivity contribution in [3.63, 3.8) is 0 Å². The monoisotopic (exact) mass is 259 g/mol. The molecule has 4 heteroatoms. The third kappa shape index (κ3) is 2.62. The van der Waals surface area contributed by atoms with Crippen LogP contribution in [0.15, 0.2) is 18.2 Å². The molecule has 2 rings (SSSR count). The van der Waals surface area contributed by atoms with Crippen LogP contribution in [0, 0.1) is 0 Å². The number of rotatable bonds is 2. The molecule has 0 radical (unpaired) electrons. The second-order valence-electron chi connectivity index (χ2n) is 4.20. The summed E-state index contributed by atoms with van der Waals surface area (Å²) in [5, 5.41) is 14.3. The fourth-order valence-electron chi connectivity index (χ4n) is 2.10. The van der Waals surface area contributed by atoms with Crippen LogP contribution in [0.1, 0.15) is 25.7 Å². The number of aliphatic hydroxyl groups is 1. The van der Waals surface area contributed by atoms with Crippen LogP contribution in [0.5, 0.6) is 0 Å². The molecule has 1 aromatic rings. The minimum absolute atomic E-state index is 0.0612. The van der Waals surface area contributed by atoms with E-state index < -0.39 is 0 Å². The maximum absolute atomic E-state index is 9.86. The molecule has 0 bridgehead atoms. The molecule has 1 aliphatic rings. The summed E-state index contributed by atoms with van der Waals surface area (Å²) in [4.78, 5) is 0. The Morgan fingerprint density at radius 2 is 1.75 bits per heavy atom. The maximum atomic E-state index is 9.86. The first-order valence-electron chi connectivity index (χ1n) is 5.57. The van der Waals surface area contributed by atoms with E-state index in [2.05, 4.69) is 5.32 Å². The quantitative estimate of drug-likeness (QED) is 0.849. The third-order valence-corrected chi connectivity index (χ3v) is 3.65. The van der Waals surface area contributed by atoms with Gasteiger partial charge in [-0.15, -0.1) is 0 Å². The van der Waals surface area contributed by atoms with E-state index in [1.807, 2.05) is 6.07 Å². The second kappa shape index (κ2) is 5.26. The summed E-state index contributed by atoms with van der Waals surface area (Å²) >= 11 is 12.1. The van der Waals surface area contributed by atoms with E-state index in [1.165, 1.54) is 0 Å². The molecule has 0 unspecified atom stereocenters. The van der Waals surface area contributed by atoms with Crippen LogP contribution in [0.4, 0.5) is 5.69 Å². The maximum Gasteiger partial charge on any atom is 0.0741 e. The molecule has 2 nitrogen and oxygen atoms in total. The van der Waals surface area contributed by atoms with Gasteiger partial charge in [-0.1, -0.05) is 42.1 Å². The molecular formula is C12H15Cl2NO. The van der Waals surface area contributed by atoms with Crippen LogP contribution in [0.25, 0.3) is 0 Å². The number of anilines is 1. The van der Waals surface area contributed by atoms with Crippen molar-refractivity contribution in [2.24, 2.45) is 0 Å². The van der Waals surface area contributed by atoms with Crippen molar-refractivity contribution in [3.05, 3.63) is 28.2 Å². The van der Waals surface area contributed by atoms with E-state index in [9.17, 15) is 5.11 Å². The molecule has 1 fully saturated rings. The van der Waals surface area contributed by atoms with Crippen LogP contribution in [0.3, 0.4) is 0 Å². The summed E-state index contributed by atoms with van der Waals surface area (Å²) in [6, 6.07) is 5.47. The lowest BCUT2D eigenvalue weighted by atomic mass is 9.92. The van der Waals surface area contributed by atoms with E-state index in [-0.39, 0.29) is 12.1 Å². The van der Waals surface area contributed by atoms with Crippen molar-refractivity contribution in [2.45, 2.75) is 37.8 Å². The predicted molar refractivity (Wildman–Crippen MR) is 68.3 cm³/mol. The molecule has 0 saturated heterocycles. The standard InChI is InChI=1S/C12H15Cl2NO/c13-8-4-3-5-9(14)12(8)15-10-6-1-2-7-11(10)16/h3-5,10-11,15-16H,1-2,6-7H2/t10-,11-/m0/s1. The number of benzene rings is 1. The van der Waals surface area contributed by atoms with Gasteiger partial charge >= 0.3 is 0 Å². The van der Waals surface area contributed by atoms with Crippen molar-refractivity contribution < 1.29 is 5.11 Å². The average molecular weight is 260 g/mol. The van der Waals surface area contributed by atoms with E-state index >= 15 is 0 Å². The SMILES string of the molecule is O[C@H]1CCCC[C@@H]1Nc1c(Cl)cccc1Cl. The van der Waals surface area contributed by atoms with Gasteiger partial charge in [-0.25, -0.2) is 0 Å². The first-order chi connectivity index (χ1) is 7.68. The van der Waals surface area contributed by atoms with Gasteiger partial charge in [0.15, 0.2) is 0 Å². The Kier molecular flexibility index (Phi) is 3.95. The minimum atomic E-state index is -0.305. The highest BCUT2D eigenvalue weighted by atomic mass is 35.5. The molecule has 0 aromatic heterocycles. The van der Waals surface area contributed by atoms with Crippen molar-refractivity contribution >= 4 is 28.9 Å². The Morgan fingerprint density at radius 1 is 1.12 bits per heavy atom. The van der Waals surface area contributed by atoms with Crippen LogP contribution < -0.4 is 5.32 Å². The Hall–Kier alpha value is -0.440. The molecular weight excluding hydrogens is 245 g/mol. The summed E-state index contributed by atoms with van der Waals surface area (Å²) in [5.41, 5.74) is 0.733. The van der Waals surface area contributed by atoms with E-state index in [0.29, 0.717) is 10.0 Å². The molecule has 0 amide bonds. The fraction of sp³-hybridized carbons (Fsp3) is 0.500. The van der Waals surface area contributed by atoms with Crippen LogP contribution in [-0.4, -0.2) is 17.3 Å². The predicted octanol–water partition coefficient (Wildman–Crippen LogP) is 3.71. The lowest BCUT2D eigenvalue weighted by Gasteiger charge is -2.29. The number of hydrogen-bond acceptors (Lipinski definition) is 2. The summed E-state index contributed by atoms with van der Waals surface area (Å²) in [6.07, 6.45) is 3.73. The Labute approximate surface area is 106 Å². The molecule has 2 N–H and O–H groups in total. The lowest BCUT2D eigenvalue weighted by molar-refractivity contribution is 0.116. The normalized spacial score (nSPS) is 25.4. The average Bonchev–Trinajstić information content (AvgIpc) is 2.26. The molecule has 1 saturated carbocycles. The smallest absolute Gasteiger partial charge is 0.0741 e. The van der Waals surface area contributed by atoms with Gasteiger partial charge in [-0.05, 0) is 25.0 Å². The minimum Gasteiger partial charge on any atom is -0.391 e. The second-order valence-corrected chi connectivity index (χ2v) is 5.01.